The molecule has 2 N–H and O–H groups in total. The number of benzene rings is 1. The van der Waals surface area contributed by atoms with Gasteiger partial charge in [-0.3, -0.25) is 10.00 Å². The van der Waals surface area contributed by atoms with E-state index in [1.54, 1.807) is 30.3 Å². The van der Waals surface area contributed by atoms with Gasteiger partial charge in [-0.25, -0.2) is 8.42 Å². The van der Waals surface area contributed by atoms with E-state index in [1.165, 1.54) is 0 Å². The number of sulfone groups is 1. The van der Waals surface area contributed by atoms with Crippen LogP contribution in [0.2, 0.25) is 0 Å². The molecule has 2 aromatic rings. The monoisotopic (exact) mass is 349 g/mol. The Morgan fingerprint density at radius 2 is 2.04 bits per heavy atom. The molecule has 2 heterocycles. The van der Waals surface area contributed by atoms with Crippen molar-refractivity contribution in [3.05, 3.63) is 47.8 Å². The zero-order chi connectivity index (χ0) is 17.2. The number of aromatic amines is 1. The second kappa shape index (κ2) is 7.04. The fourth-order valence-corrected chi connectivity index (χ4v) is 4.47. The molecule has 0 amide bonds. The van der Waals surface area contributed by atoms with Gasteiger partial charge in [0.1, 0.15) is 0 Å². The number of likely N-dealkylation sites (tertiary alicyclic amines) is 1. The zero-order valence-corrected chi connectivity index (χ0v) is 14.5. The van der Waals surface area contributed by atoms with E-state index < -0.39 is 15.9 Å². The summed E-state index contributed by atoms with van der Waals surface area (Å²) in [7, 11) is -3.28. The number of hydrogen-bond acceptors (Lipinski definition) is 5. The number of H-pyrrole nitrogens is 1. The van der Waals surface area contributed by atoms with Crippen LogP contribution in [-0.4, -0.2) is 60.1 Å². The zero-order valence-electron chi connectivity index (χ0n) is 13.7. The van der Waals surface area contributed by atoms with Crippen molar-refractivity contribution in [2.24, 2.45) is 5.92 Å². The molecule has 1 aromatic heterocycles. The number of aliphatic hydroxyl groups is 1. The van der Waals surface area contributed by atoms with E-state index in [4.69, 9.17) is 0 Å². The molecular formula is C17H23N3O3S. The summed E-state index contributed by atoms with van der Waals surface area (Å²) in [6.07, 6.45) is 0.259. The summed E-state index contributed by atoms with van der Waals surface area (Å²) >= 11 is 0. The van der Waals surface area contributed by atoms with E-state index in [0.717, 1.165) is 11.4 Å². The Balaban J connectivity index is 1.55. The Morgan fingerprint density at radius 3 is 2.71 bits per heavy atom. The second-order valence-electron chi connectivity index (χ2n) is 6.47. The largest absolute Gasteiger partial charge is 0.391 e. The quantitative estimate of drug-likeness (QED) is 0.813. The molecule has 7 heteroatoms. The van der Waals surface area contributed by atoms with Gasteiger partial charge >= 0.3 is 0 Å². The molecule has 1 aliphatic heterocycles. The van der Waals surface area contributed by atoms with Gasteiger partial charge in [0.25, 0.3) is 0 Å². The molecule has 6 nitrogen and oxygen atoms in total. The standard InChI is InChI=1S/C17H23N3O3S/c1-13-9-15(19-18-13)10-14-11-20(12-17(14)21)7-8-24(22,23)16-5-3-2-4-6-16/h2-6,9,14,17,21H,7-8,10-12H2,1H3,(H,18,19)/t14-,17+/m1/s1. The summed E-state index contributed by atoms with van der Waals surface area (Å²) < 4.78 is 24.7. The molecule has 24 heavy (non-hydrogen) atoms. The van der Waals surface area contributed by atoms with Crippen molar-refractivity contribution in [1.29, 1.82) is 0 Å². The van der Waals surface area contributed by atoms with Gasteiger partial charge in [-0.2, -0.15) is 5.10 Å². The van der Waals surface area contributed by atoms with Gasteiger partial charge in [-0.05, 0) is 31.5 Å². The highest BCUT2D eigenvalue weighted by molar-refractivity contribution is 7.91. The average molecular weight is 349 g/mol. The summed E-state index contributed by atoms with van der Waals surface area (Å²) in [5.41, 5.74) is 1.94. The molecule has 1 fully saturated rings. The van der Waals surface area contributed by atoms with Crippen LogP contribution in [0.3, 0.4) is 0 Å². The van der Waals surface area contributed by atoms with Gasteiger partial charge in [0.05, 0.1) is 22.4 Å². The molecule has 0 bridgehead atoms. The third kappa shape index (κ3) is 4.03. The van der Waals surface area contributed by atoms with Gasteiger partial charge in [0, 0.05) is 31.2 Å². The number of β-amino-alcohol motifs (C(OH)–C–C–N with tert-alkyl or cyclic N) is 1. The molecule has 2 atom stereocenters. The van der Waals surface area contributed by atoms with Crippen LogP contribution in [0.4, 0.5) is 0 Å². The van der Waals surface area contributed by atoms with Gasteiger partial charge in [0.15, 0.2) is 9.84 Å². The second-order valence-corrected chi connectivity index (χ2v) is 8.57. The maximum absolute atomic E-state index is 12.3. The van der Waals surface area contributed by atoms with Crippen molar-refractivity contribution >= 4 is 9.84 Å². The van der Waals surface area contributed by atoms with E-state index in [2.05, 4.69) is 10.2 Å². The van der Waals surface area contributed by atoms with E-state index >= 15 is 0 Å². The predicted molar refractivity (Wildman–Crippen MR) is 91.5 cm³/mol. The van der Waals surface area contributed by atoms with Gasteiger partial charge < -0.3 is 5.11 Å². The van der Waals surface area contributed by atoms with Crippen molar-refractivity contribution < 1.29 is 13.5 Å². The van der Waals surface area contributed by atoms with Crippen LogP contribution >= 0.6 is 0 Å². The summed E-state index contributed by atoms with van der Waals surface area (Å²) in [6.45, 7) is 3.59. The first-order valence-electron chi connectivity index (χ1n) is 8.13. The lowest BCUT2D eigenvalue weighted by Crippen LogP contribution is -2.28. The van der Waals surface area contributed by atoms with Crippen LogP contribution in [0, 0.1) is 12.8 Å². The molecule has 1 saturated heterocycles. The van der Waals surface area contributed by atoms with E-state index in [0.29, 0.717) is 31.0 Å². The summed E-state index contributed by atoms with van der Waals surface area (Å²) in [4.78, 5) is 2.38. The van der Waals surface area contributed by atoms with E-state index in [9.17, 15) is 13.5 Å². The van der Waals surface area contributed by atoms with Gasteiger partial charge in [-0.1, -0.05) is 18.2 Å². The van der Waals surface area contributed by atoms with Crippen LogP contribution in [0.15, 0.2) is 41.3 Å². The third-order valence-electron chi connectivity index (χ3n) is 4.49. The van der Waals surface area contributed by atoms with Crippen LogP contribution in [0.5, 0.6) is 0 Å². The molecule has 1 aromatic carbocycles. The van der Waals surface area contributed by atoms with Crippen molar-refractivity contribution in [2.45, 2.75) is 24.3 Å². The van der Waals surface area contributed by atoms with Crippen LogP contribution < -0.4 is 0 Å². The maximum Gasteiger partial charge on any atom is 0.179 e. The molecule has 3 rings (SSSR count). The van der Waals surface area contributed by atoms with Crippen molar-refractivity contribution in [1.82, 2.24) is 15.1 Å². The molecule has 0 spiro atoms. The Labute approximate surface area is 142 Å². The Hall–Kier alpha value is -1.70. The molecular weight excluding hydrogens is 326 g/mol. The normalized spacial score (nSPS) is 22.1. The highest BCUT2D eigenvalue weighted by Crippen LogP contribution is 2.21. The fraction of sp³-hybridized carbons (Fsp3) is 0.471. The lowest BCUT2D eigenvalue weighted by molar-refractivity contribution is 0.141. The van der Waals surface area contributed by atoms with Crippen LogP contribution in [0.1, 0.15) is 11.4 Å². The number of nitrogens with one attached hydrogen (secondary N) is 1. The minimum Gasteiger partial charge on any atom is -0.391 e. The smallest absolute Gasteiger partial charge is 0.179 e. The third-order valence-corrected chi connectivity index (χ3v) is 6.20. The minimum atomic E-state index is -3.28. The van der Waals surface area contributed by atoms with Crippen molar-refractivity contribution in [3.8, 4) is 0 Å². The fourth-order valence-electron chi connectivity index (χ4n) is 3.17. The number of aryl methyl sites for hydroxylation is 1. The first kappa shape index (κ1) is 17.1. The number of rotatable bonds is 6. The predicted octanol–water partition coefficient (Wildman–Crippen LogP) is 1.03. The Morgan fingerprint density at radius 1 is 1.29 bits per heavy atom. The molecule has 0 unspecified atom stereocenters. The molecule has 0 saturated carbocycles. The highest BCUT2D eigenvalue weighted by Gasteiger charge is 2.32. The maximum atomic E-state index is 12.3. The summed E-state index contributed by atoms with van der Waals surface area (Å²) in [5, 5.41) is 17.4. The minimum absolute atomic E-state index is 0.0674. The van der Waals surface area contributed by atoms with Gasteiger partial charge in [0.2, 0.25) is 0 Å². The lowest BCUT2D eigenvalue weighted by atomic mass is 10.0. The summed E-state index contributed by atoms with van der Waals surface area (Å²) in [6, 6.07) is 10.5. The topological polar surface area (TPSA) is 86.3 Å². The molecule has 130 valence electrons. The number of hydrogen-bond donors (Lipinski definition) is 2. The molecule has 1 aliphatic rings. The number of nitrogens with zero attached hydrogens (tertiary/aromatic N) is 2. The van der Waals surface area contributed by atoms with Crippen molar-refractivity contribution in [2.75, 3.05) is 25.4 Å². The highest BCUT2D eigenvalue weighted by atomic mass is 32.2. The Bertz CT molecular complexity index is 773. The summed E-state index contributed by atoms with van der Waals surface area (Å²) in [5.74, 6) is 0.157. The number of aliphatic hydroxyl groups excluding tert-OH is 1. The van der Waals surface area contributed by atoms with Crippen LogP contribution in [0.25, 0.3) is 0 Å². The van der Waals surface area contributed by atoms with Crippen LogP contribution in [-0.2, 0) is 16.3 Å². The SMILES string of the molecule is Cc1cc(C[C@@H]2CN(CCS(=O)(=O)c3ccccc3)C[C@@H]2O)n[nH]1. The average Bonchev–Trinajstić information content (AvgIpc) is 3.13. The van der Waals surface area contributed by atoms with Gasteiger partial charge in [-0.15, -0.1) is 0 Å². The lowest BCUT2D eigenvalue weighted by Gasteiger charge is -2.15. The first-order valence-corrected chi connectivity index (χ1v) is 9.78. The number of aromatic nitrogens is 2. The van der Waals surface area contributed by atoms with E-state index in [-0.39, 0.29) is 11.7 Å². The first-order chi connectivity index (χ1) is 11.4. The molecule has 0 radical (unpaired) electrons. The Kier molecular flexibility index (Phi) is 5.03. The van der Waals surface area contributed by atoms with E-state index in [1.807, 2.05) is 17.9 Å². The van der Waals surface area contributed by atoms with Crippen molar-refractivity contribution in [3.63, 3.8) is 0 Å². The molecule has 0 aliphatic carbocycles.